The van der Waals surface area contributed by atoms with Crippen molar-refractivity contribution in [2.24, 2.45) is 0 Å². The van der Waals surface area contributed by atoms with E-state index in [2.05, 4.69) is 30.4 Å². The Hall–Kier alpha value is -3.04. The minimum Gasteiger partial charge on any atom is -0.343 e. The molecule has 3 heterocycles. The number of aryl methyl sites for hydroxylation is 1. The molecule has 3 aromatic rings. The maximum Gasteiger partial charge on any atom is 0.389 e. The minimum absolute atomic E-state index is 0.190. The third-order valence-electron chi connectivity index (χ3n) is 3.43. The van der Waals surface area contributed by atoms with Gasteiger partial charge in [0.05, 0.1) is 0 Å². The smallest absolute Gasteiger partial charge is 0.343 e. The molecule has 0 amide bonds. The lowest BCUT2D eigenvalue weighted by atomic mass is 10.2. The summed E-state index contributed by atoms with van der Waals surface area (Å²) < 4.78 is 42.2. The van der Waals surface area contributed by atoms with Gasteiger partial charge >= 0.3 is 6.18 Å². The molecule has 0 aliphatic rings. The molecule has 26 heavy (non-hydrogen) atoms. The van der Waals surface area contributed by atoms with E-state index >= 15 is 0 Å². The molecule has 0 bridgehead atoms. The second-order valence-electron chi connectivity index (χ2n) is 5.52. The zero-order valence-electron chi connectivity index (χ0n) is 13.7. The summed E-state index contributed by atoms with van der Waals surface area (Å²) in [5, 5.41) is 6.81. The average Bonchev–Trinajstić information content (AvgIpc) is 3.11. The second-order valence-corrected chi connectivity index (χ2v) is 5.52. The summed E-state index contributed by atoms with van der Waals surface area (Å²) in [6, 6.07) is 6.35. The molecule has 1 atom stereocenters. The number of nitrogens with zero attached hydrogens (tertiary/aromatic N) is 5. The van der Waals surface area contributed by atoms with Crippen LogP contribution in [0, 0.1) is 0 Å². The van der Waals surface area contributed by atoms with Crippen molar-refractivity contribution in [2.75, 3.05) is 5.32 Å². The molecule has 0 fully saturated rings. The molecule has 7 nitrogen and oxygen atoms in total. The molecule has 0 saturated heterocycles. The van der Waals surface area contributed by atoms with Gasteiger partial charge in [-0.1, -0.05) is 11.2 Å². The van der Waals surface area contributed by atoms with Crippen molar-refractivity contribution < 1.29 is 17.7 Å². The lowest BCUT2D eigenvalue weighted by molar-refractivity contribution is -0.134. The van der Waals surface area contributed by atoms with E-state index in [1.54, 1.807) is 31.3 Å². The van der Waals surface area contributed by atoms with Crippen LogP contribution in [0.25, 0.3) is 11.5 Å². The van der Waals surface area contributed by atoms with Gasteiger partial charge in [-0.05, 0) is 31.5 Å². The SMILES string of the molecule is CC(Nc1nccc(CCC(F)(F)F)n1)c1nc(-c2ccccn2)no1. The predicted molar refractivity (Wildman–Crippen MR) is 86.0 cm³/mol. The van der Waals surface area contributed by atoms with E-state index < -0.39 is 18.6 Å². The van der Waals surface area contributed by atoms with Gasteiger partial charge in [0.2, 0.25) is 17.7 Å². The summed E-state index contributed by atoms with van der Waals surface area (Å²) in [6.07, 6.45) is -2.35. The Bertz CT molecular complexity index is 852. The Labute approximate surface area is 146 Å². The molecule has 1 unspecified atom stereocenters. The molecule has 3 aromatic heterocycles. The molecule has 0 spiro atoms. The topological polar surface area (TPSA) is 89.6 Å². The zero-order valence-corrected chi connectivity index (χ0v) is 13.7. The van der Waals surface area contributed by atoms with Gasteiger partial charge in [0.1, 0.15) is 11.7 Å². The lowest BCUT2D eigenvalue weighted by Gasteiger charge is -2.10. The van der Waals surface area contributed by atoms with Crippen LogP contribution < -0.4 is 5.32 Å². The standard InChI is InChI=1S/C16H15F3N6O/c1-10(14-24-13(25-26-14)12-4-2-3-8-20-12)22-15-21-9-6-11(23-15)5-7-16(17,18)19/h2-4,6,8-10H,5,7H2,1H3,(H,21,22,23). The Morgan fingerprint density at radius 3 is 2.69 bits per heavy atom. The molecule has 136 valence electrons. The summed E-state index contributed by atoms with van der Waals surface area (Å²) in [6.45, 7) is 1.75. The van der Waals surface area contributed by atoms with E-state index in [1.807, 2.05) is 0 Å². The van der Waals surface area contributed by atoms with Gasteiger partial charge in [0.25, 0.3) is 0 Å². The number of pyridine rings is 1. The Morgan fingerprint density at radius 2 is 1.96 bits per heavy atom. The number of anilines is 1. The van der Waals surface area contributed by atoms with Crippen molar-refractivity contribution in [1.82, 2.24) is 25.1 Å². The Kier molecular flexibility index (Phi) is 5.10. The van der Waals surface area contributed by atoms with Crippen molar-refractivity contribution in [3.05, 3.63) is 48.2 Å². The van der Waals surface area contributed by atoms with Crippen molar-refractivity contribution in [3.63, 3.8) is 0 Å². The van der Waals surface area contributed by atoms with E-state index in [0.29, 0.717) is 17.2 Å². The molecule has 3 rings (SSSR count). The van der Waals surface area contributed by atoms with Crippen LogP contribution in [-0.4, -0.2) is 31.3 Å². The molecular formula is C16H15F3N6O. The molecule has 0 aliphatic heterocycles. The summed E-state index contributed by atoms with van der Waals surface area (Å²) in [4.78, 5) is 16.5. The first-order valence-electron chi connectivity index (χ1n) is 7.81. The largest absolute Gasteiger partial charge is 0.389 e. The van der Waals surface area contributed by atoms with Gasteiger partial charge in [-0.3, -0.25) is 4.98 Å². The number of nitrogens with one attached hydrogen (secondary N) is 1. The van der Waals surface area contributed by atoms with Gasteiger partial charge in [-0.2, -0.15) is 18.2 Å². The van der Waals surface area contributed by atoms with E-state index in [4.69, 9.17) is 4.52 Å². The zero-order chi connectivity index (χ0) is 18.6. The molecule has 0 aliphatic carbocycles. The Morgan fingerprint density at radius 1 is 1.12 bits per heavy atom. The maximum absolute atomic E-state index is 12.3. The van der Waals surface area contributed by atoms with Gasteiger partial charge in [-0.25, -0.2) is 9.97 Å². The van der Waals surface area contributed by atoms with Crippen LogP contribution in [0.1, 0.15) is 31.0 Å². The van der Waals surface area contributed by atoms with Gasteiger partial charge in [0.15, 0.2) is 0 Å². The van der Waals surface area contributed by atoms with E-state index in [0.717, 1.165) is 0 Å². The number of halogens is 3. The van der Waals surface area contributed by atoms with Crippen LogP contribution in [0.3, 0.4) is 0 Å². The molecule has 10 heteroatoms. The highest BCUT2D eigenvalue weighted by Crippen LogP contribution is 2.22. The number of alkyl halides is 3. The molecule has 0 radical (unpaired) electrons. The van der Waals surface area contributed by atoms with Crippen molar-refractivity contribution in [2.45, 2.75) is 32.0 Å². The third-order valence-corrected chi connectivity index (χ3v) is 3.43. The van der Waals surface area contributed by atoms with Crippen molar-refractivity contribution in [3.8, 4) is 11.5 Å². The van der Waals surface area contributed by atoms with Crippen LogP contribution >= 0.6 is 0 Å². The fourth-order valence-corrected chi connectivity index (χ4v) is 2.14. The molecule has 0 aromatic carbocycles. The first-order valence-corrected chi connectivity index (χ1v) is 7.81. The summed E-state index contributed by atoms with van der Waals surface area (Å²) >= 11 is 0. The van der Waals surface area contributed by atoms with Gasteiger partial charge < -0.3 is 9.84 Å². The number of hydrogen-bond donors (Lipinski definition) is 1. The van der Waals surface area contributed by atoms with Crippen molar-refractivity contribution in [1.29, 1.82) is 0 Å². The number of aromatic nitrogens is 5. The van der Waals surface area contributed by atoms with Crippen LogP contribution in [0.15, 0.2) is 41.2 Å². The summed E-state index contributed by atoms with van der Waals surface area (Å²) in [5.41, 5.74) is 0.867. The van der Waals surface area contributed by atoms with Crippen LogP contribution in [0.4, 0.5) is 19.1 Å². The third kappa shape index (κ3) is 4.74. The molecule has 0 saturated carbocycles. The normalized spacial score (nSPS) is 12.8. The highest BCUT2D eigenvalue weighted by atomic mass is 19.4. The number of rotatable bonds is 6. The lowest BCUT2D eigenvalue weighted by Crippen LogP contribution is -2.12. The quantitative estimate of drug-likeness (QED) is 0.715. The van der Waals surface area contributed by atoms with E-state index in [1.165, 1.54) is 12.3 Å². The second kappa shape index (κ2) is 7.46. The van der Waals surface area contributed by atoms with Crippen molar-refractivity contribution >= 4 is 5.95 Å². The highest BCUT2D eigenvalue weighted by Gasteiger charge is 2.26. The first-order chi connectivity index (χ1) is 12.4. The average molecular weight is 364 g/mol. The maximum atomic E-state index is 12.3. The summed E-state index contributed by atoms with van der Waals surface area (Å²) in [7, 11) is 0. The van der Waals surface area contributed by atoms with Crippen LogP contribution in [0.2, 0.25) is 0 Å². The first kappa shape index (κ1) is 17.8. The number of hydrogen-bond acceptors (Lipinski definition) is 7. The summed E-state index contributed by atoms with van der Waals surface area (Å²) in [5.74, 6) is 0.818. The molecular weight excluding hydrogens is 349 g/mol. The Balaban J connectivity index is 1.67. The van der Waals surface area contributed by atoms with Crippen LogP contribution in [0.5, 0.6) is 0 Å². The minimum atomic E-state index is -4.22. The fraction of sp³-hybridized carbons (Fsp3) is 0.312. The monoisotopic (exact) mass is 364 g/mol. The van der Waals surface area contributed by atoms with E-state index in [9.17, 15) is 13.2 Å². The predicted octanol–water partition coefficient (Wildman–Crippen LogP) is 3.59. The van der Waals surface area contributed by atoms with Gasteiger partial charge in [0, 0.05) is 24.5 Å². The van der Waals surface area contributed by atoms with Crippen LogP contribution in [-0.2, 0) is 6.42 Å². The highest BCUT2D eigenvalue weighted by molar-refractivity contribution is 5.47. The fourth-order valence-electron chi connectivity index (χ4n) is 2.14. The van der Waals surface area contributed by atoms with Gasteiger partial charge in [-0.15, -0.1) is 0 Å². The van der Waals surface area contributed by atoms with E-state index in [-0.39, 0.29) is 18.3 Å². The molecule has 1 N–H and O–H groups in total.